The molecule has 2 fully saturated rings. The number of nitrogens with zero attached hydrogens (tertiary/aromatic N) is 4. The second-order valence-electron chi connectivity index (χ2n) is 9.03. The van der Waals surface area contributed by atoms with Crippen LogP contribution >= 0.6 is 0 Å². The Labute approximate surface area is 221 Å². The van der Waals surface area contributed by atoms with E-state index in [2.05, 4.69) is 41.2 Å². The van der Waals surface area contributed by atoms with E-state index in [1.165, 1.54) is 6.07 Å². The minimum atomic E-state index is -5.97. The first-order valence-corrected chi connectivity index (χ1v) is 13.4. The van der Waals surface area contributed by atoms with Gasteiger partial charge in [-0.3, -0.25) is 9.69 Å². The summed E-state index contributed by atoms with van der Waals surface area (Å²) in [6.07, 6.45) is 5.40. The van der Waals surface area contributed by atoms with Crippen LogP contribution in [0.3, 0.4) is 0 Å². The van der Waals surface area contributed by atoms with Crippen molar-refractivity contribution in [3.63, 3.8) is 0 Å². The predicted molar refractivity (Wildman–Crippen MR) is 133 cm³/mol. The number of alkyl halides is 3. The molecule has 1 saturated carbocycles. The predicted octanol–water partition coefficient (Wildman–Crippen LogP) is 2.83. The van der Waals surface area contributed by atoms with Crippen molar-refractivity contribution in [2.75, 3.05) is 31.6 Å². The zero-order chi connectivity index (χ0) is 27.6. The summed E-state index contributed by atoms with van der Waals surface area (Å²) in [7, 11) is -5.97. The number of ether oxygens (including phenoxy) is 1. The number of carbonyl (C=O) groups is 1. The summed E-state index contributed by atoms with van der Waals surface area (Å²) in [4.78, 5) is 26.6. The lowest BCUT2D eigenvalue weighted by molar-refractivity contribution is -0.117. The average Bonchev–Trinajstić information content (AvgIpc) is 3.75. The molecule has 1 N–H and O–H groups in total. The molecule has 5 rings (SSSR count). The lowest BCUT2D eigenvalue weighted by Crippen LogP contribution is -2.35. The molecule has 3 aromatic heterocycles. The van der Waals surface area contributed by atoms with Gasteiger partial charge in [0.15, 0.2) is 0 Å². The molecule has 0 aromatic carbocycles. The number of nitrogens with one attached hydrogen (secondary N) is 1. The number of anilines is 1. The molecule has 204 valence electrons. The Morgan fingerprint density at radius 1 is 1.08 bits per heavy atom. The molecule has 1 saturated heterocycles. The highest BCUT2D eigenvalue weighted by atomic mass is 32.2. The molecular weight excluding hydrogens is 539 g/mol. The summed E-state index contributed by atoms with van der Waals surface area (Å²) in [5.74, 6) is 4.72. The molecular formula is C25H22F3N5O5S. The summed E-state index contributed by atoms with van der Waals surface area (Å²) < 4.78 is 71.6. The monoisotopic (exact) mass is 561 g/mol. The maximum Gasteiger partial charge on any atom is 0.534 e. The third-order valence-corrected chi connectivity index (χ3v) is 7.01. The van der Waals surface area contributed by atoms with Crippen LogP contribution in [0.25, 0.3) is 10.8 Å². The largest absolute Gasteiger partial charge is 0.534 e. The molecule has 0 atom stereocenters. The van der Waals surface area contributed by atoms with Crippen LogP contribution in [0.15, 0.2) is 36.8 Å². The Morgan fingerprint density at radius 3 is 2.51 bits per heavy atom. The Kier molecular flexibility index (Phi) is 7.39. The van der Waals surface area contributed by atoms with Crippen LogP contribution in [-0.4, -0.2) is 66.0 Å². The number of carbonyl (C=O) groups excluding carboxylic acids is 1. The number of pyridine rings is 3. The van der Waals surface area contributed by atoms with Gasteiger partial charge in [0.1, 0.15) is 11.5 Å². The Hall–Kier alpha value is -3.80. The molecule has 1 amide bonds. The molecule has 2 aliphatic rings. The van der Waals surface area contributed by atoms with E-state index in [1.54, 1.807) is 12.3 Å². The van der Waals surface area contributed by atoms with Crippen LogP contribution in [-0.2, 0) is 26.2 Å². The standard InChI is InChI=1S/C25H22F3N5O5S/c26-25(27,28)39(35,36)38-24-21-14-30-22(32-23(34)17-2-3-17)11-20(21)18(13-31-24)4-6-19-5-1-16(12-29-19)15-33-7-9-37-10-8-33/h1,5,11-14,17H,2-3,7-10,15H2,(H,30,32,34). The first kappa shape index (κ1) is 26.8. The van der Waals surface area contributed by atoms with Crippen molar-refractivity contribution < 1.29 is 35.3 Å². The van der Waals surface area contributed by atoms with Gasteiger partial charge in [0, 0.05) is 49.5 Å². The summed E-state index contributed by atoms with van der Waals surface area (Å²) in [6, 6.07) is 5.03. The van der Waals surface area contributed by atoms with Crippen molar-refractivity contribution in [2.45, 2.75) is 24.9 Å². The topological polar surface area (TPSA) is 124 Å². The number of rotatable bonds is 6. The molecule has 3 aromatic rings. The fourth-order valence-electron chi connectivity index (χ4n) is 3.81. The molecule has 0 spiro atoms. The van der Waals surface area contributed by atoms with Gasteiger partial charge >= 0.3 is 15.6 Å². The highest BCUT2D eigenvalue weighted by molar-refractivity contribution is 7.88. The van der Waals surface area contributed by atoms with E-state index in [0.29, 0.717) is 18.9 Å². The third kappa shape index (κ3) is 6.44. The van der Waals surface area contributed by atoms with E-state index in [0.717, 1.165) is 50.4 Å². The Bertz CT molecular complexity index is 1560. The van der Waals surface area contributed by atoms with Crippen LogP contribution < -0.4 is 9.50 Å². The summed E-state index contributed by atoms with van der Waals surface area (Å²) in [5.41, 5.74) is -3.97. The van der Waals surface area contributed by atoms with Crippen molar-refractivity contribution in [3.8, 4) is 17.7 Å². The van der Waals surface area contributed by atoms with E-state index in [-0.39, 0.29) is 34.0 Å². The number of amides is 1. The summed E-state index contributed by atoms with van der Waals surface area (Å²) in [6.45, 7) is 3.77. The Morgan fingerprint density at radius 2 is 1.85 bits per heavy atom. The number of aromatic nitrogens is 3. The smallest absolute Gasteiger partial charge is 0.379 e. The highest BCUT2D eigenvalue weighted by Gasteiger charge is 2.49. The van der Waals surface area contributed by atoms with Crippen molar-refractivity contribution in [1.82, 2.24) is 19.9 Å². The number of hydrogen-bond donors (Lipinski definition) is 1. The van der Waals surface area contributed by atoms with E-state index in [4.69, 9.17) is 4.74 Å². The van der Waals surface area contributed by atoms with Crippen LogP contribution in [0.2, 0.25) is 0 Å². The van der Waals surface area contributed by atoms with Crippen molar-refractivity contribution in [2.24, 2.45) is 5.92 Å². The lowest BCUT2D eigenvalue weighted by Gasteiger charge is -2.26. The van der Waals surface area contributed by atoms with Gasteiger partial charge in [-0.05, 0) is 36.5 Å². The van der Waals surface area contributed by atoms with E-state index in [1.807, 2.05) is 6.07 Å². The zero-order valence-electron chi connectivity index (χ0n) is 20.4. The molecule has 10 nitrogen and oxygen atoms in total. The second kappa shape index (κ2) is 10.8. The second-order valence-corrected chi connectivity index (χ2v) is 10.6. The molecule has 0 radical (unpaired) electrons. The minimum Gasteiger partial charge on any atom is -0.379 e. The first-order valence-electron chi connectivity index (χ1n) is 12.0. The number of halogens is 3. The summed E-state index contributed by atoms with van der Waals surface area (Å²) >= 11 is 0. The van der Waals surface area contributed by atoms with Crippen LogP contribution in [0.1, 0.15) is 29.7 Å². The van der Waals surface area contributed by atoms with E-state index < -0.39 is 21.5 Å². The van der Waals surface area contributed by atoms with Crippen molar-refractivity contribution in [1.29, 1.82) is 0 Å². The zero-order valence-corrected chi connectivity index (χ0v) is 21.2. The summed E-state index contributed by atoms with van der Waals surface area (Å²) in [5, 5.41) is 2.70. The van der Waals surface area contributed by atoms with Crippen LogP contribution in [0.5, 0.6) is 5.88 Å². The third-order valence-electron chi connectivity index (χ3n) is 6.07. The Balaban J connectivity index is 1.45. The number of morpholine rings is 1. The van der Waals surface area contributed by atoms with Gasteiger partial charge in [-0.15, -0.1) is 0 Å². The molecule has 39 heavy (non-hydrogen) atoms. The van der Waals surface area contributed by atoms with Gasteiger partial charge in [-0.2, -0.15) is 21.6 Å². The SMILES string of the molecule is O=C(Nc1cc2c(C#Cc3ccc(CN4CCOCC4)cn3)cnc(OS(=O)(=O)C(F)(F)F)c2cn1)C1CC1. The highest BCUT2D eigenvalue weighted by Crippen LogP contribution is 2.33. The van der Waals surface area contributed by atoms with Crippen molar-refractivity contribution in [3.05, 3.63) is 53.6 Å². The molecule has 1 aliphatic heterocycles. The van der Waals surface area contributed by atoms with Gasteiger partial charge in [-0.1, -0.05) is 12.0 Å². The first-order chi connectivity index (χ1) is 18.6. The van der Waals surface area contributed by atoms with E-state index >= 15 is 0 Å². The van der Waals surface area contributed by atoms with Gasteiger partial charge < -0.3 is 14.2 Å². The minimum absolute atomic E-state index is 0.118. The maximum atomic E-state index is 12.9. The molecule has 1 aliphatic carbocycles. The van der Waals surface area contributed by atoms with Crippen LogP contribution in [0.4, 0.5) is 19.0 Å². The van der Waals surface area contributed by atoms with Gasteiger partial charge in [0.05, 0.1) is 24.2 Å². The van der Waals surface area contributed by atoms with Gasteiger partial charge in [-0.25, -0.2) is 15.0 Å². The molecule has 0 bridgehead atoms. The quantitative estimate of drug-likeness (QED) is 0.275. The number of hydrogen-bond acceptors (Lipinski definition) is 9. The fraction of sp³-hybridized carbons (Fsp3) is 0.360. The fourth-order valence-corrected chi connectivity index (χ4v) is 4.25. The van der Waals surface area contributed by atoms with Gasteiger partial charge in [0.2, 0.25) is 11.8 Å². The van der Waals surface area contributed by atoms with Crippen LogP contribution in [0, 0.1) is 17.8 Å². The maximum absolute atomic E-state index is 12.9. The van der Waals surface area contributed by atoms with Crippen molar-refractivity contribution >= 4 is 32.6 Å². The number of fused-ring (bicyclic) bond motifs is 1. The lowest BCUT2D eigenvalue weighted by atomic mass is 10.1. The normalized spacial score (nSPS) is 16.4. The molecule has 14 heteroatoms. The van der Waals surface area contributed by atoms with Gasteiger partial charge in [0.25, 0.3) is 0 Å². The van der Waals surface area contributed by atoms with E-state index in [9.17, 15) is 26.4 Å². The molecule has 0 unspecified atom stereocenters. The molecule has 4 heterocycles. The average molecular weight is 562 g/mol.